The van der Waals surface area contributed by atoms with Gasteiger partial charge in [-0.1, -0.05) is 29.8 Å². The summed E-state index contributed by atoms with van der Waals surface area (Å²) in [6.45, 7) is 2.48. The molecule has 0 aliphatic heterocycles. The van der Waals surface area contributed by atoms with Gasteiger partial charge in [-0.05, 0) is 49.2 Å². The van der Waals surface area contributed by atoms with E-state index in [1.165, 1.54) is 0 Å². The van der Waals surface area contributed by atoms with Crippen LogP contribution in [-0.2, 0) is 11.2 Å². The Labute approximate surface area is 145 Å². The van der Waals surface area contributed by atoms with E-state index in [0.29, 0.717) is 23.6 Å². The number of amides is 2. The number of halogens is 1. The van der Waals surface area contributed by atoms with Crippen molar-refractivity contribution in [3.63, 3.8) is 0 Å². The minimum Gasteiger partial charge on any atom is -0.494 e. The van der Waals surface area contributed by atoms with E-state index in [0.717, 1.165) is 11.3 Å². The topological polar surface area (TPSA) is 67.4 Å². The molecule has 2 N–H and O–H groups in total. The van der Waals surface area contributed by atoms with Crippen LogP contribution in [0.3, 0.4) is 0 Å². The predicted octanol–water partition coefficient (Wildman–Crippen LogP) is 3.13. The summed E-state index contributed by atoms with van der Waals surface area (Å²) in [6, 6.07) is 14.0. The second kappa shape index (κ2) is 8.93. The summed E-state index contributed by atoms with van der Waals surface area (Å²) in [5, 5.41) is 0.545. The van der Waals surface area contributed by atoms with Crippen LogP contribution in [0.1, 0.15) is 29.3 Å². The third-order valence-electron chi connectivity index (χ3n) is 3.32. The highest BCUT2D eigenvalue weighted by molar-refractivity contribution is 6.30. The van der Waals surface area contributed by atoms with Crippen LogP contribution in [-0.4, -0.2) is 18.4 Å². The molecule has 0 aliphatic carbocycles. The van der Waals surface area contributed by atoms with E-state index in [4.69, 9.17) is 16.3 Å². The van der Waals surface area contributed by atoms with Gasteiger partial charge in [-0.3, -0.25) is 20.4 Å². The first-order chi connectivity index (χ1) is 11.6. The highest BCUT2D eigenvalue weighted by Crippen LogP contribution is 2.19. The summed E-state index contributed by atoms with van der Waals surface area (Å²) in [5.74, 6) is 0.108. The number of benzene rings is 2. The van der Waals surface area contributed by atoms with Gasteiger partial charge in [0.2, 0.25) is 5.91 Å². The molecule has 0 spiro atoms. The van der Waals surface area contributed by atoms with E-state index in [9.17, 15) is 9.59 Å². The van der Waals surface area contributed by atoms with Gasteiger partial charge in [0.15, 0.2) is 0 Å². The number of ether oxygens (including phenoxy) is 1. The van der Waals surface area contributed by atoms with Crippen LogP contribution in [0, 0.1) is 0 Å². The Bertz CT molecular complexity index is 702. The van der Waals surface area contributed by atoms with Crippen LogP contribution in [0.4, 0.5) is 0 Å². The number of nitrogens with one attached hydrogen (secondary N) is 2. The summed E-state index contributed by atoms with van der Waals surface area (Å²) in [5.41, 5.74) is 6.16. The van der Waals surface area contributed by atoms with Crippen molar-refractivity contribution in [1.82, 2.24) is 10.9 Å². The standard InChI is InChI=1S/C18H19ClN2O3/c1-2-24-16-6-4-3-5-13(16)9-12-17(22)20-21-18(23)14-7-10-15(19)11-8-14/h3-8,10-11H,2,9,12H2,1H3,(H,20,22)(H,21,23). The van der Waals surface area contributed by atoms with Gasteiger partial charge in [-0.2, -0.15) is 0 Å². The minimum absolute atomic E-state index is 0.241. The predicted molar refractivity (Wildman–Crippen MR) is 93.0 cm³/mol. The molecular weight excluding hydrogens is 328 g/mol. The zero-order chi connectivity index (χ0) is 17.4. The molecule has 2 amide bonds. The zero-order valence-electron chi connectivity index (χ0n) is 13.3. The van der Waals surface area contributed by atoms with Crippen LogP contribution in [0.15, 0.2) is 48.5 Å². The molecule has 0 saturated heterocycles. The number of aryl methyl sites for hydroxylation is 1. The molecular formula is C18H19ClN2O3. The fourth-order valence-electron chi connectivity index (χ4n) is 2.12. The zero-order valence-corrected chi connectivity index (χ0v) is 14.1. The summed E-state index contributed by atoms with van der Waals surface area (Å²) < 4.78 is 5.52. The lowest BCUT2D eigenvalue weighted by molar-refractivity contribution is -0.121. The maximum absolute atomic E-state index is 11.9. The van der Waals surface area contributed by atoms with Crippen LogP contribution in [0.2, 0.25) is 5.02 Å². The smallest absolute Gasteiger partial charge is 0.269 e. The number of carbonyl (C=O) groups excluding carboxylic acids is 2. The van der Waals surface area contributed by atoms with Gasteiger partial charge in [0.1, 0.15) is 5.75 Å². The van der Waals surface area contributed by atoms with E-state index in [1.54, 1.807) is 24.3 Å². The van der Waals surface area contributed by atoms with Crippen LogP contribution < -0.4 is 15.6 Å². The molecule has 6 heteroatoms. The Hall–Kier alpha value is -2.53. The van der Waals surface area contributed by atoms with Crippen molar-refractivity contribution in [2.75, 3.05) is 6.61 Å². The Balaban J connectivity index is 1.81. The Morgan fingerprint density at radius 3 is 2.46 bits per heavy atom. The van der Waals surface area contributed by atoms with Crippen molar-refractivity contribution in [3.8, 4) is 5.75 Å². The second-order valence-corrected chi connectivity index (χ2v) is 5.49. The summed E-state index contributed by atoms with van der Waals surface area (Å²) in [4.78, 5) is 23.8. The van der Waals surface area contributed by atoms with E-state index < -0.39 is 5.91 Å². The van der Waals surface area contributed by atoms with Gasteiger partial charge in [-0.15, -0.1) is 0 Å². The molecule has 0 heterocycles. The third-order valence-corrected chi connectivity index (χ3v) is 3.57. The molecule has 0 unspecified atom stereocenters. The number of hydrogen-bond acceptors (Lipinski definition) is 3. The summed E-state index contributed by atoms with van der Waals surface area (Å²) in [6.07, 6.45) is 0.768. The maximum atomic E-state index is 11.9. The van der Waals surface area contributed by atoms with Gasteiger partial charge >= 0.3 is 0 Å². The minimum atomic E-state index is -0.394. The fourth-order valence-corrected chi connectivity index (χ4v) is 2.24. The molecule has 0 aromatic heterocycles. The Morgan fingerprint density at radius 2 is 1.75 bits per heavy atom. The molecule has 0 fully saturated rings. The number of para-hydroxylation sites is 1. The molecule has 0 aliphatic rings. The van der Waals surface area contributed by atoms with Crippen molar-refractivity contribution in [1.29, 1.82) is 0 Å². The van der Waals surface area contributed by atoms with Crippen molar-refractivity contribution in [3.05, 3.63) is 64.7 Å². The Kier molecular flexibility index (Phi) is 6.63. The van der Waals surface area contributed by atoms with Crippen LogP contribution >= 0.6 is 11.6 Å². The van der Waals surface area contributed by atoms with Gasteiger partial charge in [0.05, 0.1) is 6.61 Å². The SMILES string of the molecule is CCOc1ccccc1CCC(=O)NNC(=O)c1ccc(Cl)cc1. The average Bonchev–Trinajstić information content (AvgIpc) is 2.60. The largest absolute Gasteiger partial charge is 0.494 e. The molecule has 5 nitrogen and oxygen atoms in total. The first-order valence-corrected chi connectivity index (χ1v) is 8.03. The van der Waals surface area contributed by atoms with Crippen molar-refractivity contribution < 1.29 is 14.3 Å². The monoisotopic (exact) mass is 346 g/mol. The van der Waals surface area contributed by atoms with E-state index >= 15 is 0 Å². The van der Waals surface area contributed by atoms with E-state index in [2.05, 4.69) is 10.9 Å². The van der Waals surface area contributed by atoms with Gasteiger partial charge < -0.3 is 4.74 Å². The maximum Gasteiger partial charge on any atom is 0.269 e. The average molecular weight is 347 g/mol. The lowest BCUT2D eigenvalue weighted by atomic mass is 10.1. The van der Waals surface area contributed by atoms with Gasteiger partial charge in [0.25, 0.3) is 5.91 Å². The lowest BCUT2D eigenvalue weighted by Gasteiger charge is -2.10. The molecule has 24 heavy (non-hydrogen) atoms. The third kappa shape index (κ3) is 5.28. The summed E-state index contributed by atoms with van der Waals surface area (Å²) >= 11 is 5.77. The molecule has 0 atom stereocenters. The molecule has 2 aromatic carbocycles. The van der Waals surface area contributed by atoms with Gasteiger partial charge in [-0.25, -0.2) is 0 Å². The lowest BCUT2D eigenvalue weighted by Crippen LogP contribution is -2.41. The van der Waals surface area contributed by atoms with Crippen LogP contribution in [0.5, 0.6) is 5.75 Å². The molecule has 126 valence electrons. The normalized spacial score (nSPS) is 10.1. The highest BCUT2D eigenvalue weighted by Gasteiger charge is 2.09. The van der Waals surface area contributed by atoms with E-state index in [-0.39, 0.29) is 12.3 Å². The molecule has 0 saturated carbocycles. The van der Waals surface area contributed by atoms with Crippen molar-refractivity contribution in [2.45, 2.75) is 19.8 Å². The van der Waals surface area contributed by atoms with Crippen LogP contribution in [0.25, 0.3) is 0 Å². The highest BCUT2D eigenvalue weighted by atomic mass is 35.5. The number of rotatable bonds is 6. The molecule has 0 bridgehead atoms. The first kappa shape index (κ1) is 17.8. The molecule has 2 rings (SSSR count). The quantitative estimate of drug-likeness (QED) is 0.790. The second-order valence-electron chi connectivity index (χ2n) is 5.05. The fraction of sp³-hybridized carbons (Fsp3) is 0.222. The number of carbonyl (C=O) groups is 2. The number of hydrazine groups is 1. The Morgan fingerprint density at radius 1 is 1.04 bits per heavy atom. The van der Waals surface area contributed by atoms with E-state index in [1.807, 2.05) is 31.2 Å². The molecule has 2 aromatic rings. The number of hydrogen-bond donors (Lipinski definition) is 2. The van der Waals surface area contributed by atoms with Crippen molar-refractivity contribution in [2.24, 2.45) is 0 Å². The van der Waals surface area contributed by atoms with Crippen molar-refractivity contribution >= 4 is 23.4 Å². The first-order valence-electron chi connectivity index (χ1n) is 7.65. The summed E-state index contributed by atoms with van der Waals surface area (Å²) in [7, 11) is 0. The van der Waals surface area contributed by atoms with Gasteiger partial charge in [0, 0.05) is 17.0 Å². The molecule has 0 radical (unpaired) electrons.